The number of hydrogen-bond donors (Lipinski definition) is 1. The van der Waals surface area contributed by atoms with E-state index in [0.29, 0.717) is 11.2 Å². The van der Waals surface area contributed by atoms with Gasteiger partial charge in [-0.3, -0.25) is 5.32 Å². The zero-order chi connectivity index (χ0) is 19.0. The van der Waals surface area contributed by atoms with Crippen molar-refractivity contribution in [3.8, 4) is 5.88 Å². The number of nitrogens with one attached hydrogen (secondary N) is 1. The highest BCUT2D eigenvalue weighted by Crippen LogP contribution is 2.36. The molecule has 0 atom stereocenters. The fourth-order valence-corrected chi connectivity index (χ4v) is 2.24. The third-order valence-electron chi connectivity index (χ3n) is 4.23. The molecular weight excluding hydrogens is 323 g/mol. The second-order valence-electron chi connectivity index (χ2n) is 8.04. The first-order valence-corrected chi connectivity index (χ1v) is 8.24. The van der Waals surface area contributed by atoms with Crippen molar-refractivity contribution in [3.63, 3.8) is 0 Å². The predicted molar refractivity (Wildman–Crippen MR) is 96.4 cm³/mol. The number of carbonyl (C=O) groups is 1. The summed E-state index contributed by atoms with van der Waals surface area (Å²) >= 11 is 0. The van der Waals surface area contributed by atoms with Crippen LogP contribution in [-0.2, 0) is 14.0 Å². The third kappa shape index (κ3) is 4.44. The van der Waals surface area contributed by atoms with E-state index in [9.17, 15) is 4.79 Å². The Kier molecular flexibility index (Phi) is 5.07. The molecule has 2 rings (SSSR count). The molecule has 0 unspecified atom stereocenters. The second kappa shape index (κ2) is 6.50. The number of pyridine rings is 1. The molecule has 138 valence electrons. The van der Waals surface area contributed by atoms with Gasteiger partial charge in [0, 0.05) is 11.7 Å². The lowest BCUT2D eigenvalue weighted by atomic mass is 9.80. The number of anilines is 1. The van der Waals surface area contributed by atoms with Gasteiger partial charge in [0.25, 0.3) is 0 Å². The Labute approximate surface area is 149 Å². The molecule has 8 heteroatoms. The van der Waals surface area contributed by atoms with Gasteiger partial charge in [-0.2, -0.15) is 0 Å². The molecule has 0 aromatic carbocycles. The SMILES string of the molecule is COc1ncc(B2OC(C)(C)C(C)(C)O2)cc1NC(=O)OC(C)(C)C. The number of ether oxygens (including phenoxy) is 2. The zero-order valence-electron chi connectivity index (χ0n) is 16.2. The Bertz CT molecular complexity index is 639. The van der Waals surface area contributed by atoms with Crippen LogP contribution in [0.2, 0.25) is 0 Å². The number of hydrogen-bond acceptors (Lipinski definition) is 6. The van der Waals surface area contributed by atoms with Crippen molar-refractivity contribution in [1.82, 2.24) is 4.98 Å². The van der Waals surface area contributed by atoms with Crippen molar-refractivity contribution in [3.05, 3.63) is 12.3 Å². The summed E-state index contributed by atoms with van der Waals surface area (Å²) in [5.74, 6) is 0.283. The van der Waals surface area contributed by atoms with Gasteiger partial charge in [-0.15, -0.1) is 0 Å². The Balaban J connectivity index is 2.24. The first-order valence-electron chi connectivity index (χ1n) is 8.24. The van der Waals surface area contributed by atoms with Gasteiger partial charge in [-0.05, 0) is 54.5 Å². The molecule has 1 aliphatic heterocycles. The van der Waals surface area contributed by atoms with Crippen LogP contribution in [0.4, 0.5) is 10.5 Å². The number of nitrogens with zero attached hydrogens (tertiary/aromatic N) is 1. The third-order valence-corrected chi connectivity index (χ3v) is 4.23. The topological polar surface area (TPSA) is 78.9 Å². The van der Waals surface area contributed by atoms with Crippen LogP contribution in [0.3, 0.4) is 0 Å². The fourth-order valence-electron chi connectivity index (χ4n) is 2.24. The van der Waals surface area contributed by atoms with Crippen LogP contribution >= 0.6 is 0 Å². The highest BCUT2D eigenvalue weighted by Gasteiger charge is 2.52. The van der Waals surface area contributed by atoms with Crippen LogP contribution in [0.25, 0.3) is 0 Å². The van der Waals surface area contributed by atoms with Gasteiger partial charge < -0.3 is 18.8 Å². The van der Waals surface area contributed by atoms with Crippen LogP contribution in [0, 0.1) is 0 Å². The Morgan fingerprint density at radius 2 is 1.76 bits per heavy atom. The first kappa shape index (κ1) is 19.5. The van der Waals surface area contributed by atoms with Crippen LogP contribution < -0.4 is 15.5 Å². The second-order valence-corrected chi connectivity index (χ2v) is 8.04. The Morgan fingerprint density at radius 1 is 1.20 bits per heavy atom. The number of amides is 1. The maximum Gasteiger partial charge on any atom is 0.496 e. The molecule has 0 aliphatic carbocycles. The molecular formula is C17H27BN2O5. The van der Waals surface area contributed by atoms with E-state index in [-0.39, 0.29) is 5.88 Å². The summed E-state index contributed by atoms with van der Waals surface area (Å²) in [6, 6.07) is 1.72. The van der Waals surface area contributed by atoms with Crippen LogP contribution in [0.5, 0.6) is 5.88 Å². The molecule has 1 N–H and O–H groups in total. The number of rotatable bonds is 3. The van der Waals surface area contributed by atoms with Gasteiger partial charge in [-0.1, -0.05) is 0 Å². The summed E-state index contributed by atoms with van der Waals surface area (Å²) in [5, 5.41) is 2.66. The lowest BCUT2D eigenvalue weighted by Crippen LogP contribution is -2.41. The minimum atomic E-state index is -0.603. The smallest absolute Gasteiger partial charge is 0.480 e. The van der Waals surface area contributed by atoms with Gasteiger partial charge in [0.15, 0.2) is 0 Å². The van der Waals surface area contributed by atoms with Crippen molar-refractivity contribution < 1.29 is 23.6 Å². The number of carbonyl (C=O) groups excluding carboxylic acids is 1. The van der Waals surface area contributed by atoms with Crippen molar-refractivity contribution in [2.75, 3.05) is 12.4 Å². The number of aromatic nitrogens is 1. The Morgan fingerprint density at radius 3 is 2.24 bits per heavy atom. The molecule has 1 amide bonds. The molecule has 1 aliphatic rings. The first-order chi connectivity index (χ1) is 11.3. The van der Waals surface area contributed by atoms with Gasteiger partial charge >= 0.3 is 13.2 Å². The van der Waals surface area contributed by atoms with E-state index in [0.717, 1.165) is 0 Å². The van der Waals surface area contributed by atoms with Crippen molar-refractivity contribution in [2.24, 2.45) is 0 Å². The molecule has 1 aromatic rings. The van der Waals surface area contributed by atoms with E-state index >= 15 is 0 Å². The van der Waals surface area contributed by atoms with Crippen LogP contribution in [-0.4, -0.2) is 42.1 Å². The van der Waals surface area contributed by atoms with E-state index in [1.54, 1.807) is 33.0 Å². The van der Waals surface area contributed by atoms with E-state index in [2.05, 4.69) is 10.3 Å². The predicted octanol–water partition coefficient (Wildman–Crippen LogP) is 2.74. The average Bonchev–Trinajstić information content (AvgIpc) is 2.65. The Hall–Kier alpha value is -1.80. The molecule has 1 aromatic heterocycles. The van der Waals surface area contributed by atoms with Crippen LogP contribution in [0.15, 0.2) is 12.3 Å². The van der Waals surface area contributed by atoms with E-state index in [1.165, 1.54) is 7.11 Å². The normalized spacial score (nSPS) is 18.8. The van der Waals surface area contributed by atoms with Gasteiger partial charge in [0.1, 0.15) is 11.3 Å². The lowest BCUT2D eigenvalue weighted by Gasteiger charge is -2.32. The molecule has 2 heterocycles. The van der Waals surface area contributed by atoms with Gasteiger partial charge in [-0.25, -0.2) is 9.78 Å². The van der Waals surface area contributed by atoms with Crippen LogP contribution in [0.1, 0.15) is 48.5 Å². The van der Waals surface area contributed by atoms with Gasteiger partial charge in [0.2, 0.25) is 5.88 Å². The van der Waals surface area contributed by atoms with Gasteiger partial charge in [0.05, 0.1) is 18.3 Å². The van der Waals surface area contributed by atoms with Crippen molar-refractivity contribution in [2.45, 2.75) is 65.3 Å². The molecule has 25 heavy (non-hydrogen) atoms. The standard InChI is InChI=1S/C17H27BN2O5/c1-15(2,3)23-14(21)20-12-9-11(10-19-13(12)22-8)18-24-16(4,5)17(6,7)25-18/h9-10H,1-8H3,(H,20,21). The molecule has 0 spiro atoms. The van der Waals surface area contributed by atoms with E-state index in [4.69, 9.17) is 18.8 Å². The average molecular weight is 350 g/mol. The summed E-state index contributed by atoms with van der Waals surface area (Å²) in [6.07, 6.45) is 1.03. The summed E-state index contributed by atoms with van der Waals surface area (Å²) in [5.41, 5.74) is -0.449. The summed E-state index contributed by atoms with van der Waals surface area (Å²) < 4.78 is 22.5. The largest absolute Gasteiger partial charge is 0.496 e. The maximum absolute atomic E-state index is 12.1. The molecule has 7 nitrogen and oxygen atoms in total. The zero-order valence-corrected chi connectivity index (χ0v) is 16.2. The van der Waals surface area contributed by atoms with E-state index < -0.39 is 30.0 Å². The minimum absolute atomic E-state index is 0.283. The number of methoxy groups -OCH3 is 1. The molecule has 0 bridgehead atoms. The quantitative estimate of drug-likeness (QED) is 0.845. The van der Waals surface area contributed by atoms with Crippen molar-refractivity contribution in [1.29, 1.82) is 0 Å². The monoisotopic (exact) mass is 350 g/mol. The minimum Gasteiger partial charge on any atom is -0.480 e. The summed E-state index contributed by atoms with van der Waals surface area (Å²) in [7, 11) is 0.902. The summed E-state index contributed by atoms with van der Waals surface area (Å²) in [4.78, 5) is 16.3. The molecule has 0 saturated carbocycles. The van der Waals surface area contributed by atoms with E-state index in [1.807, 2.05) is 27.7 Å². The van der Waals surface area contributed by atoms with Crippen molar-refractivity contribution >= 4 is 24.4 Å². The highest BCUT2D eigenvalue weighted by atomic mass is 16.7. The lowest BCUT2D eigenvalue weighted by molar-refractivity contribution is 0.00578. The molecule has 1 saturated heterocycles. The molecule has 0 radical (unpaired) electrons. The maximum atomic E-state index is 12.1. The fraction of sp³-hybridized carbons (Fsp3) is 0.647. The highest BCUT2D eigenvalue weighted by molar-refractivity contribution is 6.62. The summed E-state index contributed by atoms with van der Waals surface area (Å²) in [6.45, 7) is 13.3. The molecule has 1 fully saturated rings.